The van der Waals surface area contributed by atoms with Crippen molar-refractivity contribution in [3.05, 3.63) is 47.7 Å². The molecule has 1 heterocycles. The molecule has 80 valence electrons. The maximum absolute atomic E-state index is 11.6. The van der Waals surface area contributed by atoms with Crippen LogP contribution in [0.3, 0.4) is 0 Å². The maximum Gasteiger partial charge on any atom is 0.198 e. The topological polar surface area (TPSA) is 30.2 Å². The smallest absolute Gasteiger partial charge is 0.198 e. The summed E-state index contributed by atoms with van der Waals surface area (Å²) in [7, 11) is 0. The number of fused-ring (bicyclic) bond motifs is 1. The third kappa shape index (κ3) is 1.47. The van der Waals surface area contributed by atoms with Crippen molar-refractivity contribution in [3.63, 3.8) is 0 Å². The monoisotopic (exact) mass is 212 g/mol. The minimum Gasteiger partial charge on any atom is -0.453 e. The lowest BCUT2D eigenvalue weighted by Crippen LogP contribution is -2.07. The van der Waals surface area contributed by atoms with Crippen molar-refractivity contribution in [3.8, 4) is 11.3 Å². The third-order valence-electron chi connectivity index (χ3n) is 2.97. The molecular formula is C14H12O2. The summed E-state index contributed by atoms with van der Waals surface area (Å²) >= 11 is 0. The van der Waals surface area contributed by atoms with Crippen molar-refractivity contribution in [2.75, 3.05) is 0 Å². The van der Waals surface area contributed by atoms with Crippen LogP contribution in [-0.4, -0.2) is 5.78 Å². The van der Waals surface area contributed by atoms with E-state index in [2.05, 4.69) is 0 Å². The fourth-order valence-electron chi connectivity index (χ4n) is 2.15. The van der Waals surface area contributed by atoms with Crippen LogP contribution in [0.1, 0.15) is 29.0 Å². The second kappa shape index (κ2) is 3.63. The van der Waals surface area contributed by atoms with Gasteiger partial charge in [-0.15, -0.1) is 0 Å². The van der Waals surface area contributed by atoms with Crippen LogP contribution in [0.5, 0.6) is 0 Å². The fourth-order valence-corrected chi connectivity index (χ4v) is 2.15. The Kier molecular flexibility index (Phi) is 2.13. The van der Waals surface area contributed by atoms with Gasteiger partial charge in [-0.25, -0.2) is 0 Å². The maximum atomic E-state index is 11.6. The van der Waals surface area contributed by atoms with Gasteiger partial charge in [0.15, 0.2) is 11.5 Å². The first kappa shape index (κ1) is 9.40. The Morgan fingerprint density at radius 2 is 1.88 bits per heavy atom. The van der Waals surface area contributed by atoms with Crippen LogP contribution in [0.2, 0.25) is 0 Å². The van der Waals surface area contributed by atoms with E-state index >= 15 is 0 Å². The summed E-state index contributed by atoms with van der Waals surface area (Å²) < 4.78 is 5.65. The molecule has 0 N–H and O–H groups in total. The molecule has 1 aromatic carbocycles. The molecule has 0 radical (unpaired) electrons. The van der Waals surface area contributed by atoms with E-state index in [1.807, 2.05) is 36.4 Å². The number of hydrogen-bond acceptors (Lipinski definition) is 2. The van der Waals surface area contributed by atoms with Crippen molar-refractivity contribution >= 4 is 5.78 Å². The molecule has 2 heteroatoms. The Balaban J connectivity index is 2.08. The van der Waals surface area contributed by atoms with E-state index in [0.29, 0.717) is 12.2 Å². The van der Waals surface area contributed by atoms with Gasteiger partial charge in [0.05, 0.1) is 0 Å². The summed E-state index contributed by atoms with van der Waals surface area (Å²) in [5, 5.41) is 0. The Labute approximate surface area is 93.9 Å². The number of hydrogen-bond donors (Lipinski definition) is 0. The first-order valence-electron chi connectivity index (χ1n) is 5.56. The highest BCUT2D eigenvalue weighted by molar-refractivity contribution is 5.96. The first-order valence-corrected chi connectivity index (χ1v) is 5.56. The molecule has 0 aliphatic heterocycles. The van der Waals surface area contributed by atoms with Crippen LogP contribution in [0.15, 0.2) is 40.8 Å². The van der Waals surface area contributed by atoms with Crippen LogP contribution < -0.4 is 0 Å². The lowest BCUT2D eigenvalue weighted by atomic mass is 9.97. The fraction of sp³-hybridized carbons (Fsp3) is 0.214. The van der Waals surface area contributed by atoms with E-state index in [4.69, 9.17) is 4.42 Å². The molecule has 0 unspecified atom stereocenters. The van der Waals surface area contributed by atoms with Gasteiger partial charge in [-0.05, 0) is 18.9 Å². The molecule has 0 fully saturated rings. The summed E-state index contributed by atoms with van der Waals surface area (Å²) in [5.74, 6) is 1.52. The van der Waals surface area contributed by atoms with Gasteiger partial charge in [0.2, 0.25) is 0 Å². The van der Waals surface area contributed by atoms with Gasteiger partial charge < -0.3 is 4.42 Å². The van der Waals surface area contributed by atoms with E-state index in [-0.39, 0.29) is 5.78 Å². The van der Waals surface area contributed by atoms with Crippen molar-refractivity contribution < 1.29 is 9.21 Å². The molecule has 1 aromatic heterocycles. The lowest BCUT2D eigenvalue weighted by Gasteiger charge is -2.06. The van der Waals surface area contributed by atoms with E-state index < -0.39 is 0 Å². The van der Waals surface area contributed by atoms with Crippen LogP contribution in [0, 0.1) is 0 Å². The number of furan rings is 1. The predicted octanol–water partition coefficient (Wildman–Crippen LogP) is 3.47. The molecule has 0 amide bonds. The van der Waals surface area contributed by atoms with Crippen molar-refractivity contribution in [2.45, 2.75) is 19.3 Å². The largest absolute Gasteiger partial charge is 0.453 e. The Morgan fingerprint density at radius 1 is 1.06 bits per heavy atom. The average molecular weight is 212 g/mol. The van der Waals surface area contributed by atoms with Crippen LogP contribution in [0.4, 0.5) is 0 Å². The van der Waals surface area contributed by atoms with Gasteiger partial charge in [0, 0.05) is 17.5 Å². The number of ketones is 1. The van der Waals surface area contributed by atoms with Crippen LogP contribution >= 0.6 is 0 Å². The molecule has 1 aliphatic carbocycles. The minimum absolute atomic E-state index is 0.142. The molecule has 0 bridgehead atoms. The molecule has 0 atom stereocenters. The Hall–Kier alpha value is -1.83. The minimum atomic E-state index is 0.142. The summed E-state index contributed by atoms with van der Waals surface area (Å²) in [5.41, 5.74) is 2.10. The zero-order valence-corrected chi connectivity index (χ0v) is 8.90. The quantitative estimate of drug-likeness (QED) is 0.724. The lowest BCUT2D eigenvalue weighted by molar-refractivity contribution is 0.0944. The van der Waals surface area contributed by atoms with E-state index in [9.17, 15) is 4.79 Å². The summed E-state index contributed by atoms with van der Waals surface area (Å²) in [6.45, 7) is 0. The van der Waals surface area contributed by atoms with Crippen LogP contribution in [-0.2, 0) is 6.42 Å². The first-order chi connectivity index (χ1) is 7.84. The highest BCUT2D eigenvalue weighted by Crippen LogP contribution is 2.30. The van der Waals surface area contributed by atoms with Gasteiger partial charge in [-0.2, -0.15) is 0 Å². The average Bonchev–Trinajstić information content (AvgIpc) is 2.76. The van der Waals surface area contributed by atoms with Gasteiger partial charge in [0.1, 0.15) is 5.76 Å². The normalized spacial score (nSPS) is 14.9. The summed E-state index contributed by atoms with van der Waals surface area (Å²) in [6.07, 6.45) is 2.52. The number of carbonyl (C=O) groups excluding carboxylic acids is 1. The number of rotatable bonds is 1. The highest BCUT2D eigenvalue weighted by atomic mass is 16.3. The van der Waals surface area contributed by atoms with E-state index in [1.165, 1.54) is 0 Å². The van der Waals surface area contributed by atoms with Gasteiger partial charge in [-0.3, -0.25) is 4.79 Å². The molecule has 0 spiro atoms. The summed E-state index contributed by atoms with van der Waals surface area (Å²) in [4.78, 5) is 11.6. The molecule has 2 aromatic rings. The molecule has 3 rings (SSSR count). The highest BCUT2D eigenvalue weighted by Gasteiger charge is 2.22. The van der Waals surface area contributed by atoms with Crippen LogP contribution in [0.25, 0.3) is 11.3 Å². The molecule has 1 aliphatic rings. The number of aryl methyl sites for hydroxylation is 1. The van der Waals surface area contributed by atoms with Gasteiger partial charge >= 0.3 is 0 Å². The number of carbonyl (C=O) groups is 1. The van der Waals surface area contributed by atoms with E-state index in [1.54, 1.807) is 0 Å². The van der Waals surface area contributed by atoms with Crippen molar-refractivity contribution in [2.24, 2.45) is 0 Å². The Bertz CT molecular complexity index is 523. The molecule has 16 heavy (non-hydrogen) atoms. The van der Waals surface area contributed by atoms with Crippen molar-refractivity contribution in [1.29, 1.82) is 0 Å². The predicted molar refractivity (Wildman–Crippen MR) is 61.4 cm³/mol. The van der Waals surface area contributed by atoms with Crippen molar-refractivity contribution in [1.82, 2.24) is 0 Å². The standard InChI is InChI=1S/C14H12O2/c15-12-8-4-7-11-9-13(16-14(11)12)10-5-2-1-3-6-10/h1-3,5-6,9H,4,7-8H2. The second-order valence-electron chi connectivity index (χ2n) is 4.11. The van der Waals surface area contributed by atoms with Gasteiger partial charge in [-0.1, -0.05) is 30.3 Å². The molecule has 0 saturated carbocycles. The third-order valence-corrected chi connectivity index (χ3v) is 2.97. The number of Topliss-reactive ketones (excluding diaryl/α,β-unsaturated/α-hetero) is 1. The number of benzene rings is 1. The summed E-state index contributed by atoms with van der Waals surface area (Å²) in [6, 6.07) is 11.9. The second-order valence-corrected chi connectivity index (χ2v) is 4.11. The molecular weight excluding hydrogens is 200 g/mol. The van der Waals surface area contributed by atoms with E-state index in [0.717, 1.165) is 29.7 Å². The zero-order valence-electron chi connectivity index (χ0n) is 8.90. The van der Waals surface area contributed by atoms with Gasteiger partial charge in [0.25, 0.3) is 0 Å². The Morgan fingerprint density at radius 3 is 2.62 bits per heavy atom. The molecule has 2 nitrogen and oxygen atoms in total. The zero-order chi connectivity index (χ0) is 11.0. The SMILES string of the molecule is O=C1CCCc2cc(-c3ccccc3)oc21. The molecule has 0 saturated heterocycles.